The Morgan fingerprint density at radius 3 is 1.86 bits per heavy atom. The van der Waals surface area contributed by atoms with Crippen molar-refractivity contribution in [3.63, 3.8) is 0 Å². The molecule has 0 aliphatic heterocycles. The largest absolute Gasteiger partial charge is 0.309 e. The highest BCUT2D eigenvalue weighted by atomic mass is 32.1. The molecular weight excluding hydrogens is 559 g/mol. The van der Waals surface area contributed by atoms with Crippen molar-refractivity contribution in [1.82, 2.24) is 24.5 Å². The first kappa shape index (κ1) is 24.8. The van der Waals surface area contributed by atoms with Gasteiger partial charge in [-0.2, -0.15) is 0 Å². The zero-order valence-corrected chi connectivity index (χ0v) is 24.2. The van der Waals surface area contributed by atoms with Crippen LogP contribution in [-0.2, 0) is 0 Å². The first-order valence-electron chi connectivity index (χ1n) is 14.5. The van der Waals surface area contributed by atoms with Gasteiger partial charge in [0, 0.05) is 54.8 Å². The number of fused-ring (bicyclic) bond motifs is 7. The van der Waals surface area contributed by atoms with Crippen molar-refractivity contribution in [2.45, 2.75) is 0 Å². The molecule has 44 heavy (non-hydrogen) atoms. The molecule has 0 N–H and O–H groups in total. The third-order valence-corrected chi connectivity index (χ3v) is 9.19. The van der Waals surface area contributed by atoms with Gasteiger partial charge in [0.1, 0.15) is 4.83 Å². The van der Waals surface area contributed by atoms with Crippen molar-refractivity contribution >= 4 is 53.4 Å². The van der Waals surface area contributed by atoms with Crippen LogP contribution in [0.15, 0.2) is 140 Å². The van der Waals surface area contributed by atoms with E-state index >= 15 is 0 Å². The molecule has 4 aromatic heterocycles. The summed E-state index contributed by atoms with van der Waals surface area (Å²) in [6.45, 7) is 0. The van der Waals surface area contributed by atoms with E-state index in [2.05, 4.69) is 76.3 Å². The monoisotopic (exact) mass is 581 g/mol. The van der Waals surface area contributed by atoms with E-state index in [-0.39, 0.29) is 0 Å². The van der Waals surface area contributed by atoms with Crippen molar-refractivity contribution in [1.29, 1.82) is 0 Å². The van der Waals surface area contributed by atoms with Crippen LogP contribution in [0.2, 0.25) is 0 Å². The molecule has 5 nitrogen and oxygen atoms in total. The molecular formula is C38H23N5S. The van der Waals surface area contributed by atoms with Gasteiger partial charge in [0.15, 0.2) is 17.5 Å². The molecule has 0 unspecified atom stereocenters. The number of para-hydroxylation sites is 1. The summed E-state index contributed by atoms with van der Waals surface area (Å²) in [5.41, 5.74) is 6.19. The van der Waals surface area contributed by atoms with E-state index in [4.69, 9.17) is 15.0 Å². The Kier molecular flexibility index (Phi) is 5.61. The van der Waals surface area contributed by atoms with Crippen molar-refractivity contribution in [3.8, 4) is 39.9 Å². The minimum atomic E-state index is 0.637. The van der Waals surface area contributed by atoms with Gasteiger partial charge < -0.3 is 4.57 Å². The smallest absolute Gasteiger partial charge is 0.164 e. The SMILES string of the molecule is c1ccc(-c2nc(-c3ccccc3)nc(-c3cccc(-n4c5ccccc5c5c6c(ccc54)sc4ncccc46)c3)n2)cc1. The number of nitrogens with zero attached hydrogens (tertiary/aromatic N) is 5. The molecule has 0 fully saturated rings. The molecule has 5 aromatic carbocycles. The molecule has 0 aliphatic carbocycles. The van der Waals surface area contributed by atoms with Gasteiger partial charge in [0.05, 0.1) is 11.0 Å². The predicted molar refractivity (Wildman–Crippen MR) is 181 cm³/mol. The summed E-state index contributed by atoms with van der Waals surface area (Å²) in [6.07, 6.45) is 1.87. The van der Waals surface area contributed by atoms with Crippen LogP contribution < -0.4 is 0 Å². The molecule has 0 aliphatic rings. The molecule has 206 valence electrons. The first-order valence-corrected chi connectivity index (χ1v) is 15.3. The fourth-order valence-corrected chi connectivity index (χ4v) is 7.21. The van der Waals surface area contributed by atoms with E-state index in [9.17, 15) is 0 Å². The highest BCUT2D eigenvalue weighted by molar-refractivity contribution is 7.25. The number of rotatable bonds is 4. The summed E-state index contributed by atoms with van der Waals surface area (Å²) < 4.78 is 3.60. The van der Waals surface area contributed by atoms with E-state index in [0.29, 0.717) is 17.5 Å². The maximum absolute atomic E-state index is 4.98. The average Bonchev–Trinajstić information content (AvgIpc) is 3.64. The van der Waals surface area contributed by atoms with Crippen molar-refractivity contribution in [3.05, 3.63) is 140 Å². The van der Waals surface area contributed by atoms with Gasteiger partial charge in [-0.15, -0.1) is 11.3 Å². The third kappa shape index (κ3) is 3.92. The Morgan fingerprint density at radius 2 is 1.11 bits per heavy atom. The molecule has 4 heterocycles. The Labute approximate surface area is 256 Å². The van der Waals surface area contributed by atoms with Gasteiger partial charge in [-0.1, -0.05) is 91.0 Å². The van der Waals surface area contributed by atoms with Gasteiger partial charge in [0.25, 0.3) is 0 Å². The Hall–Kier alpha value is -5.72. The van der Waals surface area contributed by atoms with Crippen LogP contribution in [-0.4, -0.2) is 24.5 Å². The molecule has 0 amide bonds. The normalized spacial score (nSPS) is 11.6. The van der Waals surface area contributed by atoms with E-state index in [1.807, 2.05) is 72.9 Å². The van der Waals surface area contributed by atoms with Gasteiger partial charge in [-0.3, -0.25) is 0 Å². The molecule has 0 atom stereocenters. The summed E-state index contributed by atoms with van der Waals surface area (Å²) in [4.78, 5) is 20.6. The van der Waals surface area contributed by atoms with Crippen molar-refractivity contribution < 1.29 is 0 Å². The molecule has 0 radical (unpaired) electrons. The maximum Gasteiger partial charge on any atom is 0.164 e. The molecule has 9 aromatic rings. The molecule has 0 spiro atoms. The van der Waals surface area contributed by atoms with Crippen LogP contribution in [0.25, 0.3) is 82.0 Å². The summed E-state index contributed by atoms with van der Waals surface area (Å²) in [5, 5.41) is 4.93. The quantitative estimate of drug-likeness (QED) is 0.208. The van der Waals surface area contributed by atoms with Crippen LogP contribution in [0.3, 0.4) is 0 Å². The van der Waals surface area contributed by atoms with E-state index in [0.717, 1.165) is 38.2 Å². The molecule has 6 heteroatoms. The number of benzene rings is 5. The zero-order valence-electron chi connectivity index (χ0n) is 23.4. The fraction of sp³-hybridized carbons (Fsp3) is 0. The second-order valence-electron chi connectivity index (χ2n) is 10.7. The maximum atomic E-state index is 4.98. The highest BCUT2D eigenvalue weighted by Crippen LogP contribution is 2.43. The topological polar surface area (TPSA) is 56.5 Å². The van der Waals surface area contributed by atoms with Crippen molar-refractivity contribution in [2.75, 3.05) is 0 Å². The lowest BCUT2D eigenvalue weighted by molar-refractivity contribution is 1.07. The minimum Gasteiger partial charge on any atom is -0.309 e. The standard InChI is InChI=1S/C38H23N5S/c1-3-11-24(12-4-1)35-40-36(25-13-5-2-6-14-25)42-37(41-35)26-15-9-16-27(23-26)43-30-19-8-7-17-28(30)33-31(43)20-21-32-34(33)29-18-10-22-39-38(29)44-32/h1-23H. The fourth-order valence-electron chi connectivity index (χ4n) is 6.16. The first-order chi connectivity index (χ1) is 21.8. The number of hydrogen-bond donors (Lipinski definition) is 0. The van der Waals surface area contributed by atoms with E-state index < -0.39 is 0 Å². The zero-order chi connectivity index (χ0) is 29.0. The van der Waals surface area contributed by atoms with E-state index in [1.54, 1.807) is 11.3 Å². The average molecular weight is 582 g/mol. The Morgan fingerprint density at radius 1 is 0.477 bits per heavy atom. The van der Waals surface area contributed by atoms with Crippen LogP contribution in [0.1, 0.15) is 0 Å². The second kappa shape index (κ2) is 9.93. The lowest BCUT2D eigenvalue weighted by Crippen LogP contribution is -2.01. The van der Waals surface area contributed by atoms with E-state index in [1.165, 1.54) is 26.2 Å². The summed E-state index contributed by atoms with van der Waals surface area (Å²) in [6, 6.07) is 46.0. The highest BCUT2D eigenvalue weighted by Gasteiger charge is 2.19. The summed E-state index contributed by atoms with van der Waals surface area (Å²) in [5.74, 6) is 1.94. The number of pyridine rings is 1. The number of thiophene rings is 1. The van der Waals surface area contributed by atoms with Gasteiger partial charge in [-0.05, 0) is 42.5 Å². The summed E-state index contributed by atoms with van der Waals surface area (Å²) >= 11 is 1.75. The number of hydrogen-bond acceptors (Lipinski definition) is 5. The Balaban J connectivity index is 1.28. The van der Waals surface area contributed by atoms with Crippen LogP contribution >= 0.6 is 11.3 Å². The molecule has 0 saturated carbocycles. The minimum absolute atomic E-state index is 0.637. The van der Waals surface area contributed by atoms with Crippen LogP contribution in [0.5, 0.6) is 0 Å². The van der Waals surface area contributed by atoms with Crippen LogP contribution in [0.4, 0.5) is 0 Å². The van der Waals surface area contributed by atoms with Crippen molar-refractivity contribution in [2.24, 2.45) is 0 Å². The third-order valence-electron chi connectivity index (χ3n) is 8.11. The number of aromatic nitrogens is 5. The van der Waals surface area contributed by atoms with Gasteiger partial charge in [-0.25, -0.2) is 19.9 Å². The lowest BCUT2D eigenvalue weighted by atomic mass is 10.1. The van der Waals surface area contributed by atoms with Crippen LogP contribution in [0, 0.1) is 0 Å². The van der Waals surface area contributed by atoms with Gasteiger partial charge in [0.2, 0.25) is 0 Å². The molecule has 0 saturated heterocycles. The van der Waals surface area contributed by atoms with Gasteiger partial charge >= 0.3 is 0 Å². The lowest BCUT2D eigenvalue weighted by Gasteiger charge is -2.11. The second-order valence-corrected chi connectivity index (χ2v) is 11.8. The molecule has 0 bridgehead atoms. The predicted octanol–water partition coefficient (Wildman–Crippen LogP) is 9.73. The molecule has 9 rings (SSSR count). The Bertz CT molecular complexity index is 2440. The summed E-state index contributed by atoms with van der Waals surface area (Å²) in [7, 11) is 0.